The number of likely N-dealkylation sites (N-methyl/N-ethyl adjacent to an activating group) is 1. The van der Waals surface area contributed by atoms with Gasteiger partial charge in [-0.3, -0.25) is 0 Å². The monoisotopic (exact) mass is 422 g/mol. The van der Waals surface area contributed by atoms with Gasteiger partial charge in [0.15, 0.2) is 0 Å². The molecule has 5 heteroatoms. The summed E-state index contributed by atoms with van der Waals surface area (Å²) in [5, 5.41) is 0. The average molecular weight is 423 g/mol. The Labute approximate surface area is 181 Å². The van der Waals surface area contributed by atoms with E-state index < -0.39 is 5.60 Å². The van der Waals surface area contributed by atoms with Gasteiger partial charge < -0.3 is 14.5 Å². The second-order valence-corrected chi connectivity index (χ2v) is 8.19. The van der Waals surface area contributed by atoms with Crippen LogP contribution in [0, 0.1) is 0 Å². The standard InChI is InChI=1S/C23H30N2O.2ClH/c1-18(24(2)3)23(19-10-6-5-7-11-19)21-13-9-8-12-20(21)22(26-23)14-16-25(4)17-15-22;;/h5-13,18H,14-17H2,1-4H3;2*1H. The molecule has 28 heavy (non-hydrogen) atoms. The fourth-order valence-corrected chi connectivity index (χ4v) is 4.79. The van der Waals surface area contributed by atoms with Crippen molar-refractivity contribution in [1.29, 1.82) is 0 Å². The van der Waals surface area contributed by atoms with Crippen LogP contribution < -0.4 is 0 Å². The van der Waals surface area contributed by atoms with Crippen molar-refractivity contribution in [2.75, 3.05) is 34.2 Å². The Morgan fingerprint density at radius 3 is 2.00 bits per heavy atom. The molecule has 0 bridgehead atoms. The van der Waals surface area contributed by atoms with Crippen LogP contribution in [-0.2, 0) is 15.9 Å². The van der Waals surface area contributed by atoms with Crippen LogP contribution in [0.5, 0.6) is 0 Å². The predicted octanol–water partition coefficient (Wildman–Crippen LogP) is 4.68. The highest BCUT2D eigenvalue weighted by molar-refractivity contribution is 5.85. The second kappa shape index (κ2) is 8.73. The molecule has 0 radical (unpaired) electrons. The molecular formula is C23H32Cl2N2O. The first kappa shape index (κ1) is 23.2. The van der Waals surface area contributed by atoms with E-state index in [0.717, 1.165) is 25.9 Å². The van der Waals surface area contributed by atoms with E-state index in [9.17, 15) is 0 Å². The quantitative estimate of drug-likeness (QED) is 0.713. The number of nitrogens with zero attached hydrogens (tertiary/aromatic N) is 2. The van der Waals surface area contributed by atoms with Crippen LogP contribution in [-0.4, -0.2) is 50.1 Å². The molecule has 0 saturated carbocycles. The van der Waals surface area contributed by atoms with E-state index in [1.54, 1.807) is 0 Å². The summed E-state index contributed by atoms with van der Waals surface area (Å²) >= 11 is 0. The maximum Gasteiger partial charge on any atom is 0.135 e. The molecule has 154 valence electrons. The largest absolute Gasteiger partial charge is 0.353 e. The predicted molar refractivity (Wildman–Crippen MR) is 121 cm³/mol. The molecule has 2 heterocycles. The lowest BCUT2D eigenvalue weighted by atomic mass is 9.77. The summed E-state index contributed by atoms with van der Waals surface area (Å²) in [6.07, 6.45) is 2.10. The zero-order valence-electron chi connectivity index (χ0n) is 17.2. The van der Waals surface area contributed by atoms with Gasteiger partial charge in [-0.15, -0.1) is 24.8 Å². The highest BCUT2D eigenvalue weighted by Gasteiger charge is 2.57. The number of likely N-dealkylation sites (tertiary alicyclic amines) is 1. The van der Waals surface area contributed by atoms with Crippen LogP contribution in [0.25, 0.3) is 0 Å². The summed E-state index contributed by atoms with van der Waals surface area (Å²) in [6.45, 7) is 4.45. The van der Waals surface area contributed by atoms with Gasteiger partial charge in [-0.2, -0.15) is 0 Å². The third kappa shape index (κ3) is 3.48. The third-order valence-corrected chi connectivity index (χ3v) is 6.53. The van der Waals surface area contributed by atoms with Crippen molar-refractivity contribution in [2.45, 2.75) is 37.0 Å². The summed E-state index contributed by atoms with van der Waals surface area (Å²) in [7, 11) is 6.52. The van der Waals surface area contributed by atoms with E-state index >= 15 is 0 Å². The number of ether oxygens (including phenoxy) is 1. The maximum atomic E-state index is 7.24. The highest BCUT2D eigenvalue weighted by atomic mass is 35.5. The molecule has 1 saturated heterocycles. The van der Waals surface area contributed by atoms with Crippen LogP contribution in [0.2, 0.25) is 0 Å². The molecule has 0 aliphatic carbocycles. The van der Waals surface area contributed by atoms with E-state index in [2.05, 4.69) is 92.5 Å². The highest BCUT2D eigenvalue weighted by Crippen LogP contribution is 2.56. The van der Waals surface area contributed by atoms with Crippen LogP contribution in [0.3, 0.4) is 0 Å². The molecule has 2 aliphatic heterocycles. The molecule has 2 aliphatic rings. The molecule has 0 amide bonds. The molecule has 1 fully saturated rings. The van der Waals surface area contributed by atoms with Gasteiger partial charge in [0.05, 0.1) is 5.60 Å². The van der Waals surface area contributed by atoms with E-state index in [1.807, 2.05) is 0 Å². The van der Waals surface area contributed by atoms with Crippen molar-refractivity contribution in [2.24, 2.45) is 0 Å². The Morgan fingerprint density at radius 2 is 1.43 bits per heavy atom. The smallest absolute Gasteiger partial charge is 0.135 e. The fourth-order valence-electron chi connectivity index (χ4n) is 4.79. The molecular weight excluding hydrogens is 391 g/mol. The Balaban J connectivity index is 0.00000140. The first-order valence-corrected chi connectivity index (χ1v) is 9.70. The zero-order valence-corrected chi connectivity index (χ0v) is 18.9. The number of hydrogen-bond donors (Lipinski definition) is 0. The summed E-state index contributed by atoms with van der Waals surface area (Å²) < 4.78 is 7.24. The summed E-state index contributed by atoms with van der Waals surface area (Å²) in [5.41, 5.74) is 3.38. The molecule has 2 aromatic carbocycles. The first-order valence-electron chi connectivity index (χ1n) is 9.70. The minimum Gasteiger partial charge on any atom is -0.353 e. The van der Waals surface area contributed by atoms with Gasteiger partial charge in [0.25, 0.3) is 0 Å². The number of hydrogen-bond acceptors (Lipinski definition) is 3. The van der Waals surface area contributed by atoms with Gasteiger partial charge in [0.1, 0.15) is 5.60 Å². The Morgan fingerprint density at radius 1 is 0.893 bits per heavy atom. The molecule has 2 atom stereocenters. The Hall–Kier alpha value is -1.10. The van der Waals surface area contributed by atoms with Crippen molar-refractivity contribution in [3.8, 4) is 0 Å². The third-order valence-electron chi connectivity index (χ3n) is 6.53. The molecule has 0 N–H and O–H groups in total. The van der Waals surface area contributed by atoms with Crippen LogP contribution >= 0.6 is 24.8 Å². The van der Waals surface area contributed by atoms with E-state index in [4.69, 9.17) is 4.74 Å². The minimum absolute atomic E-state index is 0. The fraction of sp³-hybridized carbons (Fsp3) is 0.478. The topological polar surface area (TPSA) is 15.7 Å². The van der Waals surface area contributed by atoms with Gasteiger partial charge in [-0.05, 0) is 57.6 Å². The normalized spacial score (nSPS) is 24.3. The minimum atomic E-state index is -0.433. The number of benzene rings is 2. The first-order chi connectivity index (χ1) is 12.5. The lowest BCUT2D eigenvalue weighted by Crippen LogP contribution is -2.50. The van der Waals surface area contributed by atoms with Crippen molar-refractivity contribution in [3.63, 3.8) is 0 Å². The zero-order chi connectivity index (χ0) is 18.4. The van der Waals surface area contributed by atoms with Crippen LogP contribution in [0.4, 0.5) is 0 Å². The number of rotatable bonds is 3. The summed E-state index contributed by atoms with van der Waals surface area (Å²) in [5.74, 6) is 0. The molecule has 1 spiro atoms. The molecule has 3 nitrogen and oxygen atoms in total. The lowest BCUT2D eigenvalue weighted by Gasteiger charge is -2.44. The van der Waals surface area contributed by atoms with Gasteiger partial charge in [-0.25, -0.2) is 0 Å². The summed E-state index contributed by atoms with van der Waals surface area (Å²) in [4.78, 5) is 4.70. The van der Waals surface area contributed by atoms with Crippen molar-refractivity contribution in [3.05, 3.63) is 71.3 Å². The van der Waals surface area contributed by atoms with Gasteiger partial charge in [0, 0.05) is 19.1 Å². The van der Waals surface area contributed by atoms with Crippen LogP contribution in [0.15, 0.2) is 54.6 Å². The van der Waals surface area contributed by atoms with E-state index in [0.29, 0.717) is 0 Å². The summed E-state index contributed by atoms with van der Waals surface area (Å²) in [6, 6.07) is 19.9. The van der Waals surface area contributed by atoms with Crippen molar-refractivity contribution in [1.82, 2.24) is 9.80 Å². The Bertz CT molecular complexity index is 775. The van der Waals surface area contributed by atoms with Crippen molar-refractivity contribution < 1.29 is 4.74 Å². The van der Waals surface area contributed by atoms with E-state index in [1.165, 1.54) is 16.7 Å². The SMILES string of the molecule is CC(N(C)C)C1(c2ccccc2)OC2(CCN(C)CC2)c2ccccc21.Cl.Cl. The second-order valence-electron chi connectivity index (χ2n) is 8.19. The van der Waals surface area contributed by atoms with Gasteiger partial charge >= 0.3 is 0 Å². The molecule has 2 aromatic rings. The lowest BCUT2D eigenvalue weighted by molar-refractivity contribution is -0.167. The van der Waals surface area contributed by atoms with Gasteiger partial charge in [0.2, 0.25) is 0 Å². The average Bonchev–Trinajstić information content (AvgIpc) is 2.96. The number of piperidine rings is 1. The van der Waals surface area contributed by atoms with Gasteiger partial charge in [-0.1, -0.05) is 54.6 Å². The molecule has 4 rings (SSSR count). The molecule has 0 aromatic heterocycles. The number of halogens is 2. The Kier molecular flexibility index (Phi) is 7.22. The maximum absolute atomic E-state index is 7.24. The number of fused-ring (bicyclic) bond motifs is 2. The molecule has 2 unspecified atom stereocenters. The van der Waals surface area contributed by atoms with E-state index in [-0.39, 0.29) is 36.5 Å². The van der Waals surface area contributed by atoms with Crippen LogP contribution in [0.1, 0.15) is 36.5 Å². The van der Waals surface area contributed by atoms with Crippen molar-refractivity contribution >= 4 is 24.8 Å².